The topological polar surface area (TPSA) is 55.6 Å². The summed E-state index contributed by atoms with van der Waals surface area (Å²) in [5.74, 6) is 0.278. The van der Waals surface area contributed by atoms with Gasteiger partial charge in [-0.05, 0) is 24.9 Å². The van der Waals surface area contributed by atoms with E-state index in [2.05, 4.69) is 13.8 Å². The van der Waals surface area contributed by atoms with Crippen LogP contribution in [0.15, 0.2) is 0 Å². The van der Waals surface area contributed by atoms with E-state index in [0.29, 0.717) is 19.1 Å². The molecule has 0 saturated heterocycles. The first-order valence-corrected chi connectivity index (χ1v) is 7.67. The van der Waals surface area contributed by atoms with E-state index in [9.17, 15) is 4.79 Å². The second kappa shape index (κ2) is 9.15. The maximum atomic E-state index is 11.9. The molecular formula is C10H22N2O2S2. The van der Waals surface area contributed by atoms with Gasteiger partial charge in [-0.3, -0.25) is 4.79 Å². The Labute approximate surface area is 107 Å². The maximum Gasteiger partial charge on any atom is 0.325 e. The molecule has 0 rings (SSSR count). The highest BCUT2D eigenvalue weighted by molar-refractivity contribution is 8.11. The van der Waals surface area contributed by atoms with Gasteiger partial charge < -0.3 is 10.5 Å². The summed E-state index contributed by atoms with van der Waals surface area (Å²) in [6.45, 7) is 4.87. The first-order valence-electron chi connectivity index (χ1n) is 5.30. The van der Waals surface area contributed by atoms with Crippen LogP contribution in [0, 0.1) is 5.92 Å². The number of carbonyl (C=O) groups excluding carboxylic acids is 1. The Morgan fingerprint density at radius 2 is 1.94 bits per heavy atom. The number of ether oxygens (including phenoxy) is 1. The lowest BCUT2D eigenvalue weighted by Gasteiger charge is -2.26. The molecule has 0 aromatic carbocycles. The summed E-state index contributed by atoms with van der Waals surface area (Å²) in [4.78, 5) is 11.9. The van der Waals surface area contributed by atoms with Gasteiger partial charge in [0.2, 0.25) is 0 Å². The first-order chi connectivity index (χ1) is 7.56. The number of esters is 1. The van der Waals surface area contributed by atoms with E-state index in [0.717, 1.165) is 6.42 Å². The summed E-state index contributed by atoms with van der Waals surface area (Å²) in [6, 6.07) is -0.198. The van der Waals surface area contributed by atoms with Crippen molar-refractivity contribution in [3.8, 4) is 0 Å². The third kappa shape index (κ3) is 5.98. The zero-order chi connectivity index (χ0) is 12.6. The molecule has 0 aliphatic rings. The molecule has 0 saturated carbocycles. The second-order valence-corrected chi connectivity index (χ2v) is 5.50. The highest BCUT2D eigenvalue weighted by Gasteiger charge is 2.27. The van der Waals surface area contributed by atoms with Crippen LogP contribution < -0.4 is 5.73 Å². The van der Waals surface area contributed by atoms with E-state index in [4.69, 9.17) is 10.5 Å². The molecule has 0 aliphatic heterocycles. The third-order valence-electron chi connectivity index (χ3n) is 1.94. The summed E-state index contributed by atoms with van der Waals surface area (Å²) >= 11 is 3.09. The minimum absolute atomic E-state index is 0.178. The van der Waals surface area contributed by atoms with Crippen LogP contribution in [0.5, 0.6) is 0 Å². The minimum atomic E-state index is -0.198. The van der Waals surface area contributed by atoms with Crippen LogP contribution in [-0.2, 0) is 9.53 Å². The molecule has 2 N–H and O–H groups in total. The normalized spacial score (nSPS) is 13.2. The zero-order valence-electron chi connectivity index (χ0n) is 10.4. The van der Waals surface area contributed by atoms with E-state index >= 15 is 0 Å². The van der Waals surface area contributed by atoms with Crippen LogP contribution in [-0.4, -0.2) is 41.4 Å². The molecule has 0 heterocycles. The molecule has 0 aromatic heterocycles. The molecule has 0 fully saturated rings. The average molecular weight is 266 g/mol. The molecule has 0 amide bonds. The Bertz CT molecular complexity index is 199. The largest absolute Gasteiger partial charge is 0.463 e. The highest BCUT2D eigenvalue weighted by atomic mass is 32.2. The van der Waals surface area contributed by atoms with Crippen LogP contribution in [0.4, 0.5) is 0 Å². The lowest BCUT2D eigenvalue weighted by molar-refractivity contribution is -0.147. The lowest BCUT2D eigenvalue weighted by atomic mass is 10.1. The number of rotatable bonds is 8. The molecule has 0 aliphatic carbocycles. The number of nitrogens with zero attached hydrogens (tertiary/aromatic N) is 1. The summed E-state index contributed by atoms with van der Waals surface area (Å²) in [5.41, 5.74) is 5.32. The summed E-state index contributed by atoms with van der Waals surface area (Å²) < 4.78 is 7.08. The van der Waals surface area contributed by atoms with Gasteiger partial charge in [-0.2, -0.15) is 3.71 Å². The van der Waals surface area contributed by atoms with Crippen molar-refractivity contribution in [3.63, 3.8) is 0 Å². The van der Waals surface area contributed by atoms with Gasteiger partial charge in [0, 0.05) is 6.54 Å². The Morgan fingerprint density at radius 3 is 2.31 bits per heavy atom. The molecule has 1 atom stereocenters. The fourth-order valence-electron chi connectivity index (χ4n) is 1.30. The Kier molecular flexibility index (Phi) is 9.21. The molecule has 0 bridgehead atoms. The predicted octanol–water partition coefficient (Wildman–Crippen LogP) is 1.76. The monoisotopic (exact) mass is 266 g/mol. The van der Waals surface area contributed by atoms with Gasteiger partial charge in [-0.15, -0.1) is 0 Å². The molecule has 96 valence electrons. The fourth-order valence-corrected chi connectivity index (χ4v) is 2.75. The van der Waals surface area contributed by atoms with Crippen LogP contribution in [0.1, 0.15) is 20.3 Å². The van der Waals surface area contributed by atoms with Crippen LogP contribution in [0.25, 0.3) is 0 Å². The summed E-state index contributed by atoms with van der Waals surface area (Å²) in [6.07, 6.45) is 4.71. The Balaban J connectivity index is 4.44. The van der Waals surface area contributed by atoms with Gasteiger partial charge >= 0.3 is 5.97 Å². The molecule has 0 radical (unpaired) electrons. The smallest absolute Gasteiger partial charge is 0.325 e. The van der Waals surface area contributed by atoms with Crippen molar-refractivity contribution in [3.05, 3.63) is 0 Å². The number of carbonyl (C=O) groups is 1. The van der Waals surface area contributed by atoms with Gasteiger partial charge in [0.1, 0.15) is 12.6 Å². The van der Waals surface area contributed by atoms with E-state index in [1.165, 1.54) is 0 Å². The van der Waals surface area contributed by atoms with Crippen LogP contribution >= 0.6 is 23.9 Å². The molecule has 6 heteroatoms. The van der Waals surface area contributed by atoms with E-state index in [1.807, 2.05) is 16.2 Å². The van der Waals surface area contributed by atoms with E-state index in [-0.39, 0.29) is 12.0 Å². The third-order valence-corrected chi connectivity index (χ3v) is 4.07. The van der Waals surface area contributed by atoms with Gasteiger partial charge in [0.05, 0.1) is 0 Å². The van der Waals surface area contributed by atoms with Crippen LogP contribution in [0.3, 0.4) is 0 Å². The minimum Gasteiger partial charge on any atom is -0.463 e. The van der Waals surface area contributed by atoms with Gasteiger partial charge in [0.25, 0.3) is 0 Å². The van der Waals surface area contributed by atoms with Crippen molar-refractivity contribution in [2.45, 2.75) is 26.3 Å². The van der Waals surface area contributed by atoms with Crippen molar-refractivity contribution < 1.29 is 9.53 Å². The van der Waals surface area contributed by atoms with Crippen LogP contribution in [0.2, 0.25) is 0 Å². The molecule has 0 unspecified atom stereocenters. The van der Waals surface area contributed by atoms with Crippen molar-refractivity contribution >= 4 is 29.9 Å². The fraction of sp³-hybridized carbons (Fsp3) is 0.900. The zero-order valence-corrected chi connectivity index (χ0v) is 12.1. The van der Waals surface area contributed by atoms with Gasteiger partial charge in [-0.25, -0.2) is 0 Å². The summed E-state index contributed by atoms with van der Waals surface area (Å²) in [5, 5.41) is 0. The number of hydrogen-bond acceptors (Lipinski definition) is 6. The Morgan fingerprint density at radius 1 is 1.38 bits per heavy atom. The predicted molar refractivity (Wildman–Crippen MR) is 72.1 cm³/mol. The molecule has 16 heavy (non-hydrogen) atoms. The van der Waals surface area contributed by atoms with Crippen molar-refractivity contribution in [1.29, 1.82) is 0 Å². The molecular weight excluding hydrogens is 244 g/mol. The second-order valence-electron chi connectivity index (χ2n) is 3.75. The van der Waals surface area contributed by atoms with Crippen molar-refractivity contribution in [2.75, 3.05) is 25.7 Å². The van der Waals surface area contributed by atoms with Gasteiger partial charge in [0.15, 0.2) is 0 Å². The maximum absolute atomic E-state index is 11.9. The Hall–Kier alpha value is 0.0900. The van der Waals surface area contributed by atoms with Crippen molar-refractivity contribution in [1.82, 2.24) is 3.71 Å². The lowest BCUT2D eigenvalue weighted by Crippen LogP contribution is -2.36. The molecule has 4 nitrogen and oxygen atoms in total. The highest BCUT2D eigenvalue weighted by Crippen LogP contribution is 2.25. The first kappa shape index (κ1) is 16.1. The van der Waals surface area contributed by atoms with Crippen molar-refractivity contribution in [2.24, 2.45) is 11.7 Å². The van der Waals surface area contributed by atoms with E-state index < -0.39 is 0 Å². The SMILES string of the molecule is CSN(SC)[C@@H](CC(C)C)C(=O)OCCN. The summed E-state index contributed by atoms with van der Waals surface area (Å²) in [7, 11) is 0. The van der Waals surface area contributed by atoms with Gasteiger partial charge in [-0.1, -0.05) is 37.7 Å². The molecule has 0 spiro atoms. The quantitative estimate of drug-likeness (QED) is 0.534. The number of nitrogens with two attached hydrogens (primary N) is 1. The number of hydrogen-bond donors (Lipinski definition) is 1. The average Bonchev–Trinajstić information content (AvgIpc) is 2.25. The van der Waals surface area contributed by atoms with E-state index in [1.54, 1.807) is 23.9 Å². The standard InChI is InChI=1S/C10H22N2O2S2/c1-8(2)7-9(12(15-3)16-4)10(13)14-6-5-11/h8-9H,5-7,11H2,1-4H3/t9-/m0/s1. The molecule has 0 aromatic rings.